The van der Waals surface area contributed by atoms with Crippen molar-refractivity contribution in [3.63, 3.8) is 0 Å². The summed E-state index contributed by atoms with van der Waals surface area (Å²) in [4.78, 5) is 13.4. The Balaban J connectivity index is 1.68. The Kier molecular flexibility index (Phi) is 3.81. The van der Waals surface area contributed by atoms with Gasteiger partial charge in [0.05, 0.1) is 10.5 Å². The number of fused-ring (bicyclic) bond motifs is 2. The lowest BCUT2D eigenvalue weighted by Crippen LogP contribution is -2.53. The third kappa shape index (κ3) is 2.91. The summed E-state index contributed by atoms with van der Waals surface area (Å²) >= 11 is 0. The van der Waals surface area contributed by atoms with Crippen LogP contribution in [0.1, 0.15) is 32.1 Å². The van der Waals surface area contributed by atoms with Gasteiger partial charge in [-0.15, -0.1) is 0 Å². The number of nitrogens with one attached hydrogen (secondary N) is 1. The third-order valence-corrected chi connectivity index (χ3v) is 7.61. The molecule has 2 saturated heterocycles. The molecule has 1 aliphatic carbocycles. The molecule has 0 aromatic carbocycles. The second-order valence-electron chi connectivity index (χ2n) is 6.45. The number of halogens is 3. The van der Waals surface area contributed by atoms with Crippen LogP contribution in [0.5, 0.6) is 0 Å². The fourth-order valence-corrected chi connectivity index (χ4v) is 5.71. The lowest BCUT2D eigenvalue weighted by Gasteiger charge is -2.28. The van der Waals surface area contributed by atoms with E-state index in [2.05, 4.69) is 5.32 Å². The van der Waals surface area contributed by atoms with Crippen LogP contribution >= 0.6 is 0 Å². The van der Waals surface area contributed by atoms with Gasteiger partial charge in [0.15, 0.2) is 9.84 Å². The first-order valence-electron chi connectivity index (χ1n) is 7.54. The number of urea groups is 1. The summed E-state index contributed by atoms with van der Waals surface area (Å²) in [6.07, 6.45) is -2.15. The molecule has 3 atom stereocenters. The van der Waals surface area contributed by atoms with Gasteiger partial charge < -0.3 is 10.2 Å². The maximum atomic E-state index is 13.0. The topological polar surface area (TPSA) is 66.5 Å². The summed E-state index contributed by atoms with van der Waals surface area (Å²) < 4.78 is 63.1. The highest BCUT2D eigenvalue weighted by atomic mass is 32.2. The number of alkyl halides is 3. The van der Waals surface area contributed by atoms with Crippen molar-refractivity contribution in [1.29, 1.82) is 0 Å². The number of carbonyl (C=O) groups excluding carboxylic acids is 1. The molecule has 22 heavy (non-hydrogen) atoms. The van der Waals surface area contributed by atoms with Gasteiger partial charge in [0, 0.05) is 13.1 Å². The van der Waals surface area contributed by atoms with Crippen LogP contribution in [-0.4, -0.2) is 55.2 Å². The van der Waals surface area contributed by atoms with Gasteiger partial charge in [-0.05, 0) is 38.0 Å². The summed E-state index contributed by atoms with van der Waals surface area (Å²) in [6.45, 7) is 0.196. The van der Waals surface area contributed by atoms with Gasteiger partial charge in [-0.25, -0.2) is 13.2 Å². The van der Waals surface area contributed by atoms with Crippen LogP contribution in [0.2, 0.25) is 0 Å². The maximum absolute atomic E-state index is 13.0. The number of carbonyl (C=O) groups is 1. The molecule has 3 aliphatic rings. The molecule has 2 heterocycles. The third-order valence-electron chi connectivity index (χ3n) is 4.90. The highest BCUT2D eigenvalue weighted by Crippen LogP contribution is 2.40. The summed E-state index contributed by atoms with van der Waals surface area (Å²) in [7, 11) is -3.24. The Morgan fingerprint density at radius 2 is 1.73 bits per heavy atom. The van der Waals surface area contributed by atoms with Crippen LogP contribution in [0.25, 0.3) is 0 Å². The van der Waals surface area contributed by atoms with Crippen LogP contribution in [0.3, 0.4) is 0 Å². The van der Waals surface area contributed by atoms with E-state index in [1.807, 2.05) is 0 Å². The van der Waals surface area contributed by atoms with Crippen molar-refractivity contribution in [2.24, 2.45) is 5.92 Å². The molecule has 0 radical (unpaired) electrons. The van der Waals surface area contributed by atoms with Gasteiger partial charge in [0.2, 0.25) is 0 Å². The summed E-state index contributed by atoms with van der Waals surface area (Å²) in [5.41, 5.74) is 0. The van der Waals surface area contributed by atoms with Crippen LogP contribution in [0.15, 0.2) is 0 Å². The second-order valence-corrected chi connectivity index (χ2v) is 8.96. The Morgan fingerprint density at radius 3 is 2.32 bits per heavy atom. The summed E-state index contributed by atoms with van der Waals surface area (Å²) in [5.74, 6) is -0.545. The van der Waals surface area contributed by atoms with Crippen LogP contribution in [0, 0.1) is 5.92 Å². The number of hydrogen-bond acceptors (Lipinski definition) is 3. The van der Waals surface area contributed by atoms with E-state index in [9.17, 15) is 26.4 Å². The minimum Gasteiger partial charge on any atom is -0.326 e. The van der Waals surface area contributed by atoms with Crippen molar-refractivity contribution in [3.8, 4) is 0 Å². The SMILES string of the molecule is O=C(NC(C1CC1)C(F)(F)F)N1CCC2CCC(C1)S2(=O)=O. The molecule has 3 rings (SSSR count). The van der Waals surface area contributed by atoms with Crippen molar-refractivity contribution in [1.82, 2.24) is 10.2 Å². The van der Waals surface area contributed by atoms with Gasteiger partial charge in [-0.3, -0.25) is 0 Å². The average molecular weight is 340 g/mol. The van der Waals surface area contributed by atoms with Crippen molar-refractivity contribution in [2.75, 3.05) is 13.1 Å². The molecule has 1 saturated carbocycles. The molecule has 126 valence electrons. The molecule has 2 amide bonds. The van der Waals surface area contributed by atoms with Crippen molar-refractivity contribution < 1.29 is 26.4 Å². The zero-order valence-electron chi connectivity index (χ0n) is 12.0. The number of amides is 2. The van der Waals surface area contributed by atoms with Crippen LogP contribution < -0.4 is 5.32 Å². The number of likely N-dealkylation sites (tertiary alicyclic amines) is 1. The molecule has 2 aliphatic heterocycles. The Morgan fingerprint density at radius 1 is 1.09 bits per heavy atom. The van der Waals surface area contributed by atoms with E-state index in [0.717, 1.165) is 0 Å². The van der Waals surface area contributed by atoms with Gasteiger partial charge >= 0.3 is 12.2 Å². The number of hydrogen-bond donors (Lipinski definition) is 1. The summed E-state index contributed by atoms with van der Waals surface area (Å²) in [5, 5.41) is 0.995. The minimum atomic E-state index is -4.46. The first-order valence-corrected chi connectivity index (χ1v) is 9.15. The van der Waals surface area contributed by atoms with E-state index in [1.54, 1.807) is 0 Å². The molecule has 3 fully saturated rings. The van der Waals surface area contributed by atoms with Crippen molar-refractivity contribution in [2.45, 2.75) is 54.8 Å². The largest absolute Gasteiger partial charge is 0.408 e. The van der Waals surface area contributed by atoms with Gasteiger partial charge in [0.1, 0.15) is 6.04 Å². The van der Waals surface area contributed by atoms with E-state index in [4.69, 9.17) is 0 Å². The average Bonchev–Trinajstić information content (AvgIpc) is 3.14. The zero-order chi connectivity index (χ0) is 16.1. The predicted molar refractivity (Wildman–Crippen MR) is 73.0 cm³/mol. The highest BCUT2D eigenvalue weighted by molar-refractivity contribution is 7.93. The number of rotatable bonds is 2. The normalized spacial score (nSPS) is 32.4. The molecular weight excluding hydrogens is 321 g/mol. The number of nitrogens with zero attached hydrogens (tertiary/aromatic N) is 1. The Bertz CT molecular complexity index is 559. The lowest BCUT2D eigenvalue weighted by molar-refractivity contribution is -0.158. The van der Waals surface area contributed by atoms with Gasteiger partial charge in [-0.1, -0.05) is 0 Å². The molecule has 0 spiro atoms. The van der Waals surface area contributed by atoms with E-state index in [1.165, 1.54) is 4.90 Å². The fourth-order valence-electron chi connectivity index (χ4n) is 3.42. The standard InChI is InChI=1S/C13H19F3N2O3S/c14-13(15,16)11(8-1-2-8)17-12(19)18-6-5-9-3-4-10(7-18)22(9,20)21/h8-11H,1-7H2,(H,17,19). The zero-order valence-corrected chi connectivity index (χ0v) is 12.8. The molecule has 9 heteroatoms. The van der Waals surface area contributed by atoms with Crippen molar-refractivity contribution in [3.05, 3.63) is 0 Å². The lowest BCUT2D eigenvalue weighted by atomic mass is 10.1. The fraction of sp³-hybridized carbons (Fsp3) is 0.923. The first kappa shape index (κ1) is 15.9. The quantitative estimate of drug-likeness (QED) is 0.832. The van der Waals surface area contributed by atoms with Crippen LogP contribution in [-0.2, 0) is 9.84 Å². The number of sulfone groups is 1. The molecule has 0 aromatic heterocycles. The molecule has 5 nitrogen and oxygen atoms in total. The minimum absolute atomic E-state index is 0.0000888. The monoisotopic (exact) mass is 340 g/mol. The molecule has 1 N–H and O–H groups in total. The molecule has 0 aromatic rings. The van der Waals surface area contributed by atoms with E-state index < -0.39 is 44.5 Å². The van der Waals surface area contributed by atoms with Gasteiger partial charge in [0.25, 0.3) is 0 Å². The van der Waals surface area contributed by atoms with Crippen molar-refractivity contribution >= 4 is 15.9 Å². The summed E-state index contributed by atoms with van der Waals surface area (Å²) in [6, 6.07) is -2.62. The maximum Gasteiger partial charge on any atom is 0.408 e. The van der Waals surface area contributed by atoms with E-state index in [0.29, 0.717) is 32.1 Å². The van der Waals surface area contributed by atoms with Gasteiger partial charge in [-0.2, -0.15) is 13.2 Å². The smallest absolute Gasteiger partial charge is 0.326 e. The Labute approximate surface area is 127 Å². The van der Waals surface area contributed by atoms with E-state index in [-0.39, 0.29) is 13.1 Å². The Hall–Kier alpha value is -0.990. The molecule has 2 bridgehead atoms. The van der Waals surface area contributed by atoms with Crippen LogP contribution in [0.4, 0.5) is 18.0 Å². The van der Waals surface area contributed by atoms with E-state index >= 15 is 0 Å². The molecule has 3 unspecified atom stereocenters. The second kappa shape index (κ2) is 5.28. The predicted octanol–water partition coefficient (Wildman–Crippen LogP) is 1.69. The highest BCUT2D eigenvalue weighted by Gasteiger charge is 2.51. The molecular formula is C13H19F3N2O3S. The first-order chi connectivity index (χ1) is 10.2.